The van der Waals surface area contributed by atoms with Crippen LogP contribution in [0.4, 0.5) is 0 Å². The van der Waals surface area contributed by atoms with Crippen molar-refractivity contribution in [1.29, 1.82) is 0 Å². The lowest BCUT2D eigenvalue weighted by Gasteiger charge is -2.15. The van der Waals surface area contributed by atoms with Gasteiger partial charge in [-0.3, -0.25) is 4.79 Å². The molecule has 0 radical (unpaired) electrons. The van der Waals surface area contributed by atoms with E-state index in [0.717, 1.165) is 0 Å². The zero-order chi connectivity index (χ0) is 16.1. The third-order valence-electron chi connectivity index (χ3n) is 2.87. The maximum absolute atomic E-state index is 12.1. The lowest BCUT2D eigenvalue weighted by molar-refractivity contribution is 0.0726. The van der Waals surface area contributed by atoms with Gasteiger partial charge >= 0.3 is 5.97 Å². The number of nitrogens with zero attached hydrogens (tertiary/aromatic N) is 2. The first kappa shape index (κ1) is 15.4. The average Bonchev–Trinajstić information content (AvgIpc) is 2.54. The summed E-state index contributed by atoms with van der Waals surface area (Å²) < 4.78 is 15.7. The SMILES string of the molecule is COc1ccc(C(C)=O)c(OC(=O)c2cncnc2)c1OC. The Kier molecular flexibility index (Phi) is 4.67. The molecule has 0 N–H and O–H groups in total. The van der Waals surface area contributed by atoms with Crippen molar-refractivity contribution in [3.8, 4) is 17.2 Å². The molecule has 114 valence electrons. The van der Waals surface area contributed by atoms with E-state index >= 15 is 0 Å². The molecular weight excluding hydrogens is 288 g/mol. The fourth-order valence-corrected chi connectivity index (χ4v) is 1.83. The smallest absolute Gasteiger partial charge is 0.346 e. The molecular formula is C15H14N2O5. The summed E-state index contributed by atoms with van der Waals surface area (Å²) in [7, 11) is 2.84. The zero-order valence-electron chi connectivity index (χ0n) is 12.3. The minimum absolute atomic E-state index is 0.00297. The molecule has 2 rings (SSSR count). The molecule has 0 fully saturated rings. The molecule has 0 aliphatic carbocycles. The Bertz CT molecular complexity index is 701. The summed E-state index contributed by atoms with van der Waals surface area (Å²) in [5.74, 6) is -0.453. The zero-order valence-corrected chi connectivity index (χ0v) is 12.3. The predicted molar refractivity (Wildman–Crippen MR) is 76.5 cm³/mol. The van der Waals surface area contributed by atoms with E-state index in [2.05, 4.69) is 9.97 Å². The molecule has 7 nitrogen and oxygen atoms in total. The molecule has 1 aromatic carbocycles. The molecule has 0 unspecified atom stereocenters. The summed E-state index contributed by atoms with van der Waals surface area (Å²) >= 11 is 0. The van der Waals surface area contributed by atoms with Crippen molar-refractivity contribution in [1.82, 2.24) is 9.97 Å². The number of hydrogen-bond acceptors (Lipinski definition) is 7. The Morgan fingerprint density at radius 2 is 1.68 bits per heavy atom. The number of ketones is 1. The maximum atomic E-state index is 12.1. The van der Waals surface area contributed by atoms with Crippen molar-refractivity contribution in [2.45, 2.75) is 6.92 Å². The first-order chi connectivity index (χ1) is 10.6. The maximum Gasteiger partial charge on any atom is 0.346 e. The largest absolute Gasteiger partial charge is 0.493 e. The molecule has 7 heteroatoms. The van der Waals surface area contributed by atoms with E-state index in [0.29, 0.717) is 5.75 Å². The normalized spacial score (nSPS) is 9.95. The summed E-state index contributed by atoms with van der Waals surface area (Å²) in [5, 5.41) is 0. The molecule has 0 spiro atoms. The van der Waals surface area contributed by atoms with E-state index < -0.39 is 5.97 Å². The molecule has 1 aromatic heterocycles. The van der Waals surface area contributed by atoms with Crippen molar-refractivity contribution in [2.75, 3.05) is 14.2 Å². The Labute approximate surface area is 126 Å². The van der Waals surface area contributed by atoms with Gasteiger partial charge in [-0.25, -0.2) is 14.8 Å². The monoisotopic (exact) mass is 302 g/mol. The number of esters is 1. The van der Waals surface area contributed by atoms with Crippen LogP contribution in [0.1, 0.15) is 27.6 Å². The van der Waals surface area contributed by atoms with Gasteiger partial charge in [0.25, 0.3) is 0 Å². The second-order valence-corrected chi connectivity index (χ2v) is 4.25. The van der Waals surface area contributed by atoms with Gasteiger partial charge in [-0.2, -0.15) is 0 Å². The van der Waals surface area contributed by atoms with Gasteiger partial charge in [-0.15, -0.1) is 0 Å². The summed E-state index contributed by atoms with van der Waals surface area (Å²) in [5.41, 5.74) is 0.365. The van der Waals surface area contributed by atoms with E-state index in [1.54, 1.807) is 6.07 Å². The second kappa shape index (κ2) is 6.66. The van der Waals surface area contributed by atoms with E-state index in [-0.39, 0.29) is 28.4 Å². The lowest BCUT2D eigenvalue weighted by Crippen LogP contribution is -2.13. The highest BCUT2D eigenvalue weighted by atomic mass is 16.6. The standard InChI is InChI=1S/C15H14N2O5/c1-9(18)11-4-5-12(20-2)14(21-3)13(11)22-15(19)10-6-16-8-17-7-10/h4-8H,1-3H3. The van der Waals surface area contributed by atoms with Crippen LogP contribution in [0.3, 0.4) is 0 Å². The third kappa shape index (κ3) is 3.03. The van der Waals surface area contributed by atoms with Crippen molar-refractivity contribution in [3.63, 3.8) is 0 Å². The van der Waals surface area contributed by atoms with Crippen LogP contribution in [-0.2, 0) is 0 Å². The molecule has 0 atom stereocenters. The molecule has 2 aromatic rings. The summed E-state index contributed by atoms with van der Waals surface area (Å²) in [6.45, 7) is 1.37. The number of carbonyl (C=O) groups excluding carboxylic acids is 2. The van der Waals surface area contributed by atoms with Gasteiger partial charge in [0.2, 0.25) is 5.75 Å². The van der Waals surface area contributed by atoms with Crippen molar-refractivity contribution < 1.29 is 23.8 Å². The van der Waals surface area contributed by atoms with Crippen LogP contribution >= 0.6 is 0 Å². The van der Waals surface area contributed by atoms with Gasteiger partial charge < -0.3 is 14.2 Å². The van der Waals surface area contributed by atoms with Crippen LogP contribution in [0.2, 0.25) is 0 Å². The van der Waals surface area contributed by atoms with Crippen LogP contribution in [0.25, 0.3) is 0 Å². The number of benzene rings is 1. The quantitative estimate of drug-likeness (QED) is 0.473. The summed E-state index contributed by atoms with van der Waals surface area (Å²) in [6.07, 6.45) is 3.93. The van der Waals surface area contributed by atoms with Crippen molar-refractivity contribution >= 4 is 11.8 Å². The molecule has 0 aliphatic rings. The Balaban J connectivity index is 2.48. The number of ether oxygens (including phenoxy) is 3. The first-order valence-corrected chi connectivity index (χ1v) is 6.31. The van der Waals surface area contributed by atoms with E-state index in [1.807, 2.05) is 0 Å². The van der Waals surface area contributed by atoms with Crippen LogP contribution in [0.15, 0.2) is 30.9 Å². The van der Waals surface area contributed by atoms with Crippen LogP contribution in [0.5, 0.6) is 17.2 Å². The van der Waals surface area contributed by atoms with E-state index in [4.69, 9.17) is 14.2 Å². The summed E-state index contributed by atoms with van der Waals surface area (Å²) in [6, 6.07) is 3.08. The fraction of sp³-hybridized carbons (Fsp3) is 0.200. The minimum Gasteiger partial charge on any atom is -0.493 e. The summed E-state index contributed by atoms with van der Waals surface area (Å²) in [4.78, 5) is 31.4. The number of rotatable bonds is 5. The molecule has 0 saturated carbocycles. The Hall–Kier alpha value is -2.96. The minimum atomic E-state index is -0.699. The van der Waals surface area contributed by atoms with Crippen LogP contribution in [0, 0.1) is 0 Å². The lowest BCUT2D eigenvalue weighted by atomic mass is 10.1. The van der Waals surface area contributed by atoms with Crippen LogP contribution in [-0.4, -0.2) is 35.9 Å². The fourth-order valence-electron chi connectivity index (χ4n) is 1.83. The number of aromatic nitrogens is 2. The highest BCUT2D eigenvalue weighted by molar-refractivity contribution is 6.00. The van der Waals surface area contributed by atoms with Gasteiger partial charge in [0, 0.05) is 12.4 Å². The second-order valence-electron chi connectivity index (χ2n) is 4.25. The van der Waals surface area contributed by atoms with Crippen molar-refractivity contribution in [2.24, 2.45) is 0 Å². The van der Waals surface area contributed by atoms with E-state index in [1.165, 1.54) is 45.9 Å². The number of Topliss-reactive ketones (excluding diaryl/α,β-unsaturated/α-hetero) is 1. The number of carbonyl (C=O) groups is 2. The number of hydrogen-bond donors (Lipinski definition) is 0. The molecule has 0 saturated heterocycles. The van der Waals surface area contributed by atoms with Gasteiger partial charge in [-0.1, -0.05) is 0 Å². The highest BCUT2D eigenvalue weighted by Crippen LogP contribution is 2.40. The molecule has 1 heterocycles. The molecule has 0 aliphatic heterocycles. The van der Waals surface area contributed by atoms with Crippen molar-refractivity contribution in [3.05, 3.63) is 42.0 Å². The molecule has 0 bridgehead atoms. The third-order valence-corrected chi connectivity index (χ3v) is 2.87. The highest BCUT2D eigenvalue weighted by Gasteiger charge is 2.22. The Morgan fingerprint density at radius 3 is 2.23 bits per heavy atom. The molecule has 0 amide bonds. The Morgan fingerprint density at radius 1 is 1.00 bits per heavy atom. The molecule has 22 heavy (non-hydrogen) atoms. The van der Waals surface area contributed by atoms with Crippen LogP contribution < -0.4 is 14.2 Å². The average molecular weight is 302 g/mol. The predicted octanol–water partition coefficient (Wildman–Crippen LogP) is 1.92. The van der Waals surface area contributed by atoms with E-state index in [9.17, 15) is 9.59 Å². The first-order valence-electron chi connectivity index (χ1n) is 6.31. The van der Waals surface area contributed by atoms with Gasteiger partial charge in [0.1, 0.15) is 6.33 Å². The number of methoxy groups -OCH3 is 2. The van der Waals surface area contributed by atoms with Gasteiger partial charge in [0.15, 0.2) is 17.3 Å². The topological polar surface area (TPSA) is 87.6 Å². The van der Waals surface area contributed by atoms with Gasteiger partial charge in [-0.05, 0) is 19.1 Å². The van der Waals surface area contributed by atoms with Gasteiger partial charge in [0.05, 0.1) is 25.3 Å².